The molecule has 3 aromatic carbocycles. The average molecular weight is 493 g/mol. The highest BCUT2D eigenvalue weighted by Crippen LogP contribution is 2.29. The van der Waals surface area contributed by atoms with Crippen LogP contribution in [0.3, 0.4) is 0 Å². The number of nitro benzene ring substituents is 1. The monoisotopic (exact) mass is 492 g/mol. The molecule has 0 heterocycles. The van der Waals surface area contributed by atoms with Gasteiger partial charge in [0.25, 0.3) is 11.6 Å². The van der Waals surface area contributed by atoms with Gasteiger partial charge in [-0.15, -0.1) is 0 Å². The Morgan fingerprint density at radius 3 is 2.11 bits per heavy atom. The fourth-order valence-corrected chi connectivity index (χ4v) is 3.62. The zero-order valence-corrected chi connectivity index (χ0v) is 20.0. The third-order valence-electron chi connectivity index (χ3n) is 5.50. The number of amides is 1. The molecule has 9 heteroatoms. The van der Waals surface area contributed by atoms with E-state index in [4.69, 9.17) is 9.47 Å². The summed E-state index contributed by atoms with van der Waals surface area (Å²) in [6.45, 7) is 4.32. The number of nitrogens with one attached hydrogen (secondary N) is 1. The smallest absolute Gasteiger partial charge is 0.338 e. The lowest BCUT2D eigenvalue weighted by molar-refractivity contribution is -0.384. The molecule has 0 saturated heterocycles. The predicted molar refractivity (Wildman–Crippen MR) is 134 cm³/mol. The number of ether oxygens (including phenoxy) is 2. The van der Waals surface area contributed by atoms with E-state index in [2.05, 4.69) is 5.32 Å². The van der Waals surface area contributed by atoms with Crippen molar-refractivity contribution in [2.45, 2.75) is 33.2 Å². The van der Waals surface area contributed by atoms with Crippen LogP contribution in [-0.4, -0.2) is 34.6 Å². The summed E-state index contributed by atoms with van der Waals surface area (Å²) >= 11 is 0. The summed E-state index contributed by atoms with van der Waals surface area (Å²) in [5.41, 5.74) is 0.189. The van der Waals surface area contributed by atoms with Gasteiger partial charge >= 0.3 is 5.97 Å². The molecule has 3 rings (SSSR count). The van der Waals surface area contributed by atoms with Crippen molar-refractivity contribution in [3.8, 4) is 0 Å². The largest absolute Gasteiger partial charge is 0.478 e. The average Bonchev–Trinajstić information content (AvgIpc) is 2.85. The van der Waals surface area contributed by atoms with Crippen molar-refractivity contribution in [3.05, 3.63) is 106 Å². The normalized spacial score (nSPS) is 12.1. The van der Waals surface area contributed by atoms with E-state index < -0.39 is 39.6 Å². The number of carbonyl (C=O) groups excluding carboxylic acids is 1. The summed E-state index contributed by atoms with van der Waals surface area (Å²) < 4.78 is 11.9. The molecule has 0 fully saturated rings. The standard InChI is InChI=1S/C27H28N2O7/c1-27(2,18-35-16-19-9-5-3-6-10-19)24(36-17-20-11-7-4-8-12-20)25(30)28-23-14-13-21(29(33)34)15-22(23)26(31)32/h3-15,24H,16-18H2,1-2H3,(H,28,30)(H,31,32). The van der Waals surface area contributed by atoms with Gasteiger partial charge in [-0.05, 0) is 17.2 Å². The van der Waals surface area contributed by atoms with Gasteiger partial charge in [0, 0.05) is 17.5 Å². The molecule has 1 atom stereocenters. The number of hydrogen-bond donors (Lipinski definition) is 2. The van der Waals surface area contributed by atoms with Gasteiger partial charge in [-0.3, -0.25) is 14.9 Å². The summed E-state index contributed by atoms with van der Waals surface area (Å²) in [6.07, 6.45) is -1.02. The van der Waals surface area contributed by atoms with Gasteiger partial charge in [-0.25, -0.2) is 4.79 Å². The zero-order chi connectivity index (χ0) is 26.1. The van der Waals surface area contributed by atoms with Crippen LogP contribution >= 0.6 is 0 Å². The van der Waals surface area contributed by atoms with Crippen LogP contribution in [-0.2, 0) is 27.5 Å². The maximum absolute atomic E-state index is 13.4. The Labute approximate surface area is 208 Å². The van der Waals surface area contributed by atoms with Crippen LogP contribution in [0.1, 0.15) is 35.3 Å². The molecule has 0 radical (unpaired) electrons. The molecule has 0 aliphatic carbocycles. The highest BCUT2D eigenvalue weighted by Gasteiger charge is 2.37. The van der Waals surface area contributed by atoms with Crippen LogP contribution in [0.25, 0.3) is 0 Å². The lowest BCUT2D eigenvalue weighted by atomic mass is 9.86. The first-order valence-electron chi connectivity index (χ1n) is 11.3. The van der Waals surface area contributed by atoms with E-state index in [0.29, 0.717) is 6.61 Å². The summed E-state index contributed by atoms with van der Waals surface area (Å²) in [5, 5.41) is 23.2. The second kappa shape index (κ2) is 12.1. The highest BCUT2D eigenvalue weighted by molar-refractivity contribution is 6.02. The number of hydrogen-bond acceptors (Lipinski definition) is 6. The fourth-order valence-electron chi connectivity index (χ4n) is 3.62. The number of benzene rings is 3. The molecular formula is C27H28N2O7. The maximum Gasteiger partial charge on any atom is 0.338 e. The van der Waals surface area contributed by atoms with E-state index in [1.807, 2.05) is 74.5 Å². The predicted octanol–water partition coefficient (Wildman–Crippen LogP) is 5.06. The first-order valence-corrected chi connectivity index (χ1v) is 11.3. The molecule has 188 valence electrons. The Hall–Kier alpha value is -4.08. The van der Waals surface area contributed by atoms with Gasteiger partial charge in [0.1, 0.15) is 6.10 Å². The molecule has 0 spiro atoms. The van der Waals surface area contributed by atoms with Gasteiger partial charge < -0.3 is 19.9 Å². The number of nitro groups is 1. The maximum atomic E-state index is 13.4. The Morgan fingerprint density at radius 1 is 0.972 bits per heavy atom. The molecule has 0 saturated carbocycles. The van der Waals surface area contributed by atoms with Gasteiger partial charge in [-0.2, -0.15) is 0 Å². The van der Waals surface area contributed by atoms with Crippen LogP contribution in [0.2, 0.25) is 0 Å². The van der Waals surface area contributed by atoms with Crippen LogP contribution in [0.15, 0.2) is 78.9 Å². The minimum atomic E-state index is -1.40. The van der Waals surface area contributed by atoms with E-state index in [0.717, 1.165) is 23.3 Å². The van der Waals surface area contributed by atoms with Crippen molar-refractivity contribution in [2.24, 2.45) is 5.41 Å². The molecule has 9 nitrogen and oxygen atoms in total. The van der Waals surface area contributed by atoms with Crippen LogP contribution in [0, 0.1) is 15.5 Å². The van der Waals surface area contributed by atoms with E-state index in [1.54, 1.807) is 0 Å². The number of aromatic carboxylic acids is 1. The van der Waals surface area contributed by atoms with Crippen molar-refractivity contribution >= 4 is 23.3 Å². The minimum absolute atomic E-state index is 0.0626. The van der Waals surface area contributed by atoms with Crippen LogP contribution < -0.4 is 5.32 Å². The topological polar surface area (TPSA) is 128 Å². The molecule has 0 aliphatic heterocycles. The molecule has 1 amide bonds. The molecule has 3 aromatic rings. The number of anilines is 1. The third-order valence-corrected chi connectivity index (χ3v) is 5.50. The molecule has 1 unspecified atom stereocenters. The van der Waals surface area contributed by atoms with E-state index >= 15 is 0 Å². The summed E-state index contributed by atoms with van der Waals surface area (Å²) in [7, 11) is 0. The summed E-state index contributed by atoms with van der Waals surface area (Å²) in [4.78, 5) is 35.5. The van der Waals surface area contributed by atoms with Crippen LogP contribution in [0.5, 0.6) is 0 Å². The van der Waals surface area contributed by atoms with Gasteiger partial charge in [-0.1, -0.05) is 74.5 Å². The first kappa shape index (κ1) is 26.5. The lowest BCUT2D eigenvalue weighted by Crippen LogP contribution is -2.45. The summed E-state index contributed by atoms with van der Waals surface area (Å²) in [5.74, 6) is -1.99. The van der Waals surface area contributed by atoms with Crippen LogP contribution in [0.4, 0.5) is 11.4 Å². The SMILES string of the molecule is CC(C)(COCc1ccccc1)C(OCc1ccccc1)C(=O)Nc1ccc([N+](=O)[O-])cc1C(=O)O. The van der Waals surface area contributed by atoms with Gasteiger partial charge in [0.05, 0.1) is 36.0 Å². The molecule has 0 bridgehead atoms. The van der Waals surface area contributed by atoms with Crippen molar-refractivity contribution in [1.29, 1.82) is 0 Å². The number of rotatable bonds is 12. The molecule has 0 aliphatic rings. The zero-order valence-electron chi connectivity index (χ0n) is 20.0. The van der Waals surface area contributed by atoms with Crippen molar-refractivity contribution < 1.29 is 29.1 Å². The molecular weight excluding hydrogens is 464 g/mol. The fraction of sp³-hybridized carbons (Fsp3) is 0.259. The quantitative estimate of drug-likeness (QED) is 0.267. The number of non-ortho nitro benzene ring substituents is 1. The van der Waals surface area contributed by atoms with E-state index in [9.17, 15) is 24.8 Å². The van der Waals surface area contributed by atoms with E-state index in [-0.39, 0.29) is 18.9 Å². The second-order valence-corrected chi connectivity index (χ2v) is 8.93. The number of carbonyl (C=O) groups is 2. The lowest BCUT2D eigenvalue weighted by Gasteiger charge is -2.33. The van der Waals surface area contributed by atoms with Crippen molar-refractivity contribution in [1.82, 2.24) is 0 Å². The minimum Gasteiger partial charge on any atom is -0.478 e. The van der Waals surface area contributed by atoms with Gasteiger partial charge in [0.15, 0.2) is 0 Å². The van der Waals surface area contributed by atoms with Gasteiger partial charge in [0.2, 0.25) is 0 Å². The third kappa shape index (κ3) is 7.21. The molecule has 36 heavy (non-hydrogen) atoms. The molecule has 0 aromatic heterocycles. The van der Waals surface area contributed by atoms with Crippen molar-refractivity contribution in [3.63, 3.8) is 0 Å². The highest BCUT2D eigenvalue weighted by atomic mass is 16.6. The Balaban J connectivity index is 1.80. The van der Waals surface area contributed by atoms with E-state index in [1.165, 1.54) is 6.07 Å². The number of nitrogens with zero attached hydrogens (tertiary/aromatic N) is 1. The van der Waals surface area contributed by atoms with Crippen molar-refractivity contribution in [2.75, 3.05) is 11.9 Å². The number of carboxylic acid groups (broad SMARTS) is 1. The molecule has 2 N–H and O–H groups in total. The Morgan fingerprint density at radius 2 is 1.56 bits per heavy atom. The second-order valence-electron chi connectivity index (χ2n) is 8.93. The Kier molecular flexibility index (Phi) is 8.88. The summed E-state index contributed by atoms with van der Waals surface area (Å²) in [6, 6.07) is 22.2. The Bertz CT molecular complexity index is 1200. The number of carboxylic acids is 1. The first-order chi connectivity index (χ1) is 17.2.